The highest BCUT2D eigenvalue weighted by atomic mass is 16.2. The molecule has 1 heterocycles. The Morgan fingerprint density at radius 2 is 1.95 bits per heavy atom. The number of nitrogens with one attached hydrogen (secondary N) is 1. The molecule has 1 aliphatic heterocycles. The molecule has 0 aliphatic carbocycles. The molecule has 0 bridgehead atoms. The summed E-state index contributed by atoms with van der Waals surface area (Å²) >= 11 is 0. The molecule has 4 nitrogen and oxygen atoms in total. The van der Waals surface area contributed by atoms with Crippen LogP contribution in [0.2, 0.25) is 0 Å². The minimum absolute atomic E-state index is 0.0419. The largest absolute Gasteiger partial charge is 0.339 e. The molecule has 0 radical (unpaired) electrons. The molecule has 1 fully saturated rings. The van der Waals surface area contributed by atoms with Gasteiger partial charge in [0.25, 0.3) is 0 Å². The maximum Gasteiger partial charge on any atom is 0.240 e. The highest BCUT2D eigenvalue weighted by molar-refractivity contribution is 5.84. The summed E-state index contributed by atoms with van der Waals surface area (Å²) < 4.78 is 0. The predicted octanol–water partition coefficient (Wildman–Crippen LogP) is 2.10. The summed E-state index contributed by atoms with van der Waals surface area (Å²) in [5.41, 5.74) is 0. The van der Waals surface area contributed by atoms with Crippen LogP contribution in [0.4, 0.5) is 0 Å². The molecule has 1 amide bonds. The molecule has 1 N–H and O–H groups in total. The van der Waals surface area contributed by atoms with Gasteiger partial charge in [-0.1, -0.05) is 27.7 Å². The quantitative estimate of drug-likeness (QED) is 0.704. The molecular formula is C16H33N3O. The molecule has 2 unspecified atom stereocenters. The smallest absolute Gasteiger partial charge is 0.240 e. The van der Waals surface area contributed by atoms with Gasteiger partial charge in [-0.2, -0.15) is 0 Å². The van der Waals surface area contributed by atoms with Gasteiger partial charge in [0.1, 0.15) is 0 Å². The minimum Gasteiger partial charge on any atom is -0.339 e. The Morgan fingerprint density at radius 3 is 2.50 bits per heavy atom. The number of carbonyl (C=O) groups is 1. The van der Waals surface area contributed by atoms with Gasteiger partial charge in [0.15, 0.2) is 0 Å². The molecule has 20 heavy (non-hydrogen) atoms. The number of amides is 1. The van der Waals surface area contributed by atoms with E-state index in [0.717, 1.165) is 39.0 Å². The highest BCUT2D eigenvalue weighted by Crippen LogP contribution is 2.18. The third kappa shape index (κ3) is 5.06. The number of hydrogen-bond donors (Lipinski definition) is 1. The van der Waals surface area contributed by atoms with Crippen molar-refractivity contribution in [1.29, 1.82) is 0 Å². The van der Waals surface area contributed by atoms with Crippen molar-refractivity contribution in [2.75, 3.05) is 26.2 Å². The zero-order valence-corrected chi connectivity index (χ0v) is 14.0. The van der Waals surface area contributed by atoms with Crippen molar-refractivity contribution in [2.24, 2.45) is 0 Å². The van der Waals surface area contributed by atoms with Crippen LogP contribution in [0.1, 0.15) is 53.9 Å². The second kappa shape index (κ2) is 8.63. The molecule has 1 saturated heterocycles. The molecule has 118 valence electrons. The van der Waals surface area contributed by atoms with Crippen LogP contribution in [0, 0.1) is 0 Å². The first kappa shape index (κ1) is 17.4. The van der Waals surface area contributed by atoms with Crippen LogP contribution in [0.25, 0.3) is 0 Å². The van der Waals surface area contributed by atoms with Crippen molar-refractivity contribution in [3.8, 4) is 0 Å². The Balaban J connectivity index is 2.33. The van der Waals surface area contributed by atoms with Gasteiger partial charge >= 0.3 is 0 Å². The van der Waals surface area contributed by atoms with Gasteiger partial charge in [0, 0.05) is 18.6 Å². The standard InChI is InChI=1S/C16H33N3O/c1-6-18(7-2)11-8-9-14(5)19-12-10-15(16(19)20)17-13(3)4/h13-15,17H,6-12H2,1-5H3. The normalized spacial score (nSPS) is 21.2. The maximum absolute atomic E-state index is 12.3. The van der Waals surface area contributed by atoms with E-state index in [2.05, 4.69) is 49.7 Å². The van der Waals surface area contributed by atoms with Crippen LogP contribution in [-0.2, 0) is 4.79 Å². The van der Waals surface area contributed by atoms with Gasteiger partial charge in [-0.05, 0) is 45.8 Å². The van der Waals surface area contributed by atoms with Gasteiger partial charge in [-0.25, -0.2) is 0 Å². The average Bonchev–Trinajstić information content (AvgIpc) is 2.75. The van der Waals surface area contributed by atoms with Crippen LogP contribution in [0.15, 0.2) is 0 Å². The molecular weight excluding hydrogens is 250 g/mol. The van der Waals surface area contributed by atoms with Gasteiger partial charge < -0.3 is 15.1 Å². The lowest BCUT2D eigenvalue weighted by Gasteiger charge is -2.26. The van der Waals surface area contributed by atoms with E-state index in [1.54, 1.807) is 0 Å². The van der Waals surface area contributed by atoms with E-state index in [9.17, 15) is 4.79 Å². The fraction of sp³-hybridized carbons (Fsp3) is 0.938. The van der Waals surface area contributed by atoms with E-state index >= 15 is 0 Å². The zero-order valence-electron chi connectivity index (χ0n) is 14.0. The molecule has 2 atom stereocenters. The lowest BCUT2D eigenvalue weighted by atomic mass is 10.1. The first-order valence-electron chi connectivity index (χ1n) is 8.28. The average molecular weight is 283 g/mol. The molecule has 1 aliphatic rings. The van der Waals surface area contributed by atoms with Crippen molar-refractivity contribution < 1.29 is 4.79 Å². The van der Waals surface area contributed by atoms with Crippen molar-refractivity contribution in [2.45, 2.75) is 72.0 Å². The molecule has 0 aromatic rings. The van der Waals surface area contributed by atoms with Gasteiger partial charge in [-0.15, -0.1) is 0 Å². The van der Waals surface area contributed by atoms with E-state index < -0.39 is 0 Å². The van der Waals surface area contributed by atoms with Crippen molar-refractivity contribution in [3.63, 3.8) is 0 Å². The second-order valence-electron chi connectivity index (χ2n) is 6.21. The second-order valence-corrected chi connectivity index (χ2v) is 6.21. The monoisotopic (exact) mass is 283 g/mol. The molecule has 0 spiro atoms. The summed E-state index contributed by atoms with van der Waals surface area (Å²) in [6.07, 6.45) is 3.24. The minimum atomic E-state index is 0.0419. The first-order chi connectivity index (χ1) is 9.49. The Morgan fingerprint density at radius 1 is 1.30 bits per heavy atom. The van der Waals surface area contributed by atoms with Crippen LogP contribution < -0.4 is 5.32 Å². The van der Waals surface area contributed by atoms with Crippen molar-refractivity contribution >= 4 is 5.91 Å². The summed E-state index contributed by atoms with van der Waals surface area (Å²) in [6.45, 7) is 15.1. The summed E-state index contributed by atoms with van der Waals surface area (Å²) in [5, 5.41) is 3.37. The fourth-order valence-electron chi connectivity index (χ4n) is 3.00. The fourth-order valence-corrected chi connectivity index (χ4v) is 3.00. The Hall–Kier alpha value is -0.610. The lowest BCUT2D eigenvalue weighted by molar-refractivity contribution is -0.131. The topological polar surface area (TPSA) is 35.6 Å². The van der Waals surface area contributed by atoms with Gasteiger partial charge in [-0.3, -0.25) is 4.79 Å². The van der Waals surface area contributed by atoms with Crippen LogP contribution in [-0.4, -0.2) is 60.0 Å². The number of carbonyl (C=O) groups excluding carboxylic acids is 1. The number of likely N-dealkylation sites (tertiary alicyclic amines) is 1. The molecule has 1 rings (SSSR count). The number of nitrogens with zero attached hydrogens (tertiary/aromatic N) is 2. The van der Waals surface area contributed by atoms with Gasteiger partial charge in [0.2, 0.25) is 5.91 Å². The summed E-state index contributed by atoms with van der Waals surface area (Å²) in [7, 11) is 0. The number of rotatable bonds is 9. The summed E-state index contributed by atoms with van der Waals surface area (Å²) in [4.78, 5) is 16.9. The van der Waals surface area contributed by atoms with Gasteiger partial charge in [0.05, 0.1) is 6.04 Å². The van der Waals surface area contributed by atoms with Crippen molar-refractivity contribution in [1.82, 2.24) is 15.1 Å². The predicted molar refractivity (Wildman–Crippen MR) is 84.9 cm³/mol. The van der Waals surface area contributed by atoms with Crippen molar-refractivity contribution in [3.05, 3.63) is 0 Å². The third-order valence-electron chi connectivity index (χ3n) is 4.30. The number of hydrogen-bond acceptors (Lipinski definition) is 3. The molecule has 4 heteroatoms. The molecule has 0 saturated carbocycles. The molecule has 0 aromatic carbocycles. The molecule has 0 aromatic heterocycles. The van der Waals surface area contributed by atoms with E-state index in [1.807, 2.05) is 0 Å². The summed E-state index contributed by atoms with van der Waals surface area (Å²) in [5.74, 6) is 0.300. The first-order valence-corrected chi connectivity index (χ1v) is 8.28. The highest BCUT2D eigenvalue weighted by Gasteiger charge is 2.34. The van der Waals surface area contributed by atoms with E-state index in [0.29, 0.717) is 18.0 Å². The van der Waals surface area contributed by atoms with Crippen LogP contribution in [0.5, 0.6) is 0 Å². The summed E-state index contributed by atoms with van der Waals surface area (Å²) in [6, 6.07) is 0.791. The van der Waals surface area contributed by atoms with Crippen LogP contribution in [0.3, 0.4) is 0 Å². The van der Waals surface area contributed by atoms with E-state index in [1.165, 1.54) is 6.42 Å². The Kier molecular flexibility index (Phi) is 7.52. The lowest BCUT2D eigenvalue weighted by Crippen LogP contribution is -2.44. The van der Waals surface area contributed by atoms with E-state index in [-0.39, 0.29) is 6.04 Å². The Labute approximate surface area is 124 Å². The third-order valence-corrected chi connectivity index (χ3v) is 4.30. The SMILES string of the molecule is CCN(CC)CCCC(C)N1CCC(NC(C)C)C1=O. The Bertz CT molecular complexity index is 289. The zero-order chi connectivity index (χ0) is 15.1. The van der Waals surface area contributed by atoms with Crippen LogP contribution >= 0.6 is 0 Å². The maximum atomic E-state index is 12.3. The van der Waals surface area contributed by atoms with E-state index in [4.69, 9.17) is 0 Å².